The van der Waals surface area contributed by atoms with Crippen molar-refractivity contribution in [1.29, 1.82) is 0 Å². The molecular formula is C13H17NO3S3. The molecule has 0 fully saturated rings. The number of rotatable bonds is 6. The van der Waals surface area contributed by atoms with Crippen LogP contribution in [-0.2, 0) is 16.6 Å². The van der Waals surface area contributed by atoms with Gasteiger partial charge in [0.2, 0.25) is 10.0 Å². The zero-order valence-corrected chi connectivity index (χ0v) is 13.7. The van der Waals surface area contributed by atoms with Gasteiger partial charge in [0.15, 0.2) is 0 Å². The van der Waals surface area contributed by atoms with Crippen molar-refractivity contribution in [3.8, 4) is 0 Å². The summed E-state index contributed by atoms with van der Waals surface area (Å²) in [7, 11) is -3.56. The molecule has 0 aliphatic heterocycles. The van der Waals surface area contributed by atoms with E-state index in [2.05, 4.69) is 4.72 Å². The molecule has 20 heavy (non-hydrogen) atoms. The summed E-state index contributed by atoms with van der Waals surface area (Å²) >= 11 is 2.78. The molecule has 2 aromatic rings. The molecule has 0 amide bonds. The number of nitrogens with one attached hydrogen (secondary N) is 1. The average molecular weight is 331 g/mol. The highest BCUT2D eigenvalue weighted by atomic mass is 32.2. The molecule has 110 valence electrons. The fraction of sp³-hybridized carbons (Fsp3) is 0.385. The van der Waals surface area contributed by atoms with Crippen LogP contribution in [-0.4, -0.2) is 13.5 Å². The fourth-order valence-corrected chi connectivity index (χ4v) is 5.33. The predicted octanol–water partition coefficient (Wildman–Crippen LogP) is 2.98. The number of sulfonamides is 1. The van der Waals surface area contributed by atoms with E-state index in [0.29, 0.717) is 4.88 Å². The van der Waals surface area contributed by atoms with Crippen LogP contribution in [0.5, 0.6) is 0 Å². The number of hydrogen-bond acceptors (Lipinski definition) is 5. The Bertz CT molecular complexity index is 644. The first kappa shape index (κ1) is 15.7. The molecule has 2 aromatic heterocycles. The molecule has 0 aliphatic carbocycles. The Labute approximate surface area is 127 Å². The van der Waals surface area contributed by atoms with E-state index >= 15 is 0 Å². The van der Waals surface area contributed by atoms with Gasteiger partial charge in [-0.15, -0.1) is 22.7 Å². The van der Waals surface area contributed by atoms with Gasteiger partial charge in [-0.1, -0.05) is 19.9 Å². The SMILES string of the molecule is CC(C)C(NS(=O)(=O)c1csc(CO)c1)c1cccs1. The zero-order valence-electron chi connectivity index (χ0n) is 11.2. The van der Waals surface area contributed by atoms with Gasteiger partial charge in [0, 0.05) is 15.1 Å². The molecule has 0 bridgehead atoms. The molecule has 0 aromatic carbocycles. The lowest BCUT2D eigenvalue weighted by Crippen LogP contribution is -2.31. The van der Waals surface area contributed by atoms with E-state index in [1.807, 2.05) is 31.4 Å². The molecule has 2 N–H and O–H groups in total. The number of hydrogen-bond donors (Lipinski definition) is 2. The first-order valence-electron chi connectivity index (χ1n) is 6.18. The van der Waals surface area contributed by atoms with Crippen LogP contribution >= 0.6 is 22.7 Å². The Kier molecular flexibility index (Phi) is 4.98. The molecule has 0 saturated heterocycles. The third-order valence-corrected chi connectivity index (χ3v) is 6.34. The van der Waals surface area contributed by atoms with Crippen molar-refractivity contribution in [1.82, 2.24) is 4.72 Å². The normalized spacial score (nSPS) is 13.8. The minimum absolute atomic E-state index is 0.140. The summed E-state index contributed by atoms with van der Waals surface area (Å²) in [5.41, 5.74) is 0. The standard InChI is InChI=1S/C13H17NO3S3/c1-9(2)13(12-4-3-5-18-12)14-20(16,17)11-6-10(7-15)19-8-11/h3-6,8-9,13-15H,7H2,1-2H3. The Morgan fingerprint density at radius 2 is 2.10 bits per heavy atom. The highest BCUT2D eigenvalue weighted by Crippen LogP contribution is 2.28. The van der Waals surface area contributed by atoms with Gasteiger partial charge < -0.3 is 5.11 Å². The van der Waals surface area contributed by atoms with Crippen LogP contribution in [0.2, 0.25) is 0 Å². The van der Waals surface area contributed by atoms with Crippen LogP contribution in [0.3, 0.4) is 0 Å². The predicted molar refractivity (Wildman–Crippen MR) is 82.5 cm³/mol. The van der Waals surface area contributed by atoms with Crippen LogP contribution in [0, 0.1) is 5.92 Å². The molecule has 2 heterocycles. The Balaban J connectivity index is 2.25. The smallest absolute Gasteiger partial charge is 0.242 e. The monoisotopic (exact) mass is 331 g/mol. The number of thiophene rings is 2. The van der Waals surface area contributed by atoms with Crippen molar-refractivity contribution < 1.29 is 13.5 Å². The maximum absolute atomic E-state index is 12.4. The lowest BCUT2D eigenvalue weighted by atomic mass is 10.0. The molecule has 2 rings (SSSR count). The molecule has 0 saturated carbocycles. The molecule has 0 radical (unpaired) electrons. The van der Waals surface area contributed by atoms with Crippen molar-refractivity contribution in [2.75, 3.05) is 0 Å². The van der Waals surface area contributed by atoms with E-state index in [4.69, 9.17) is 5.11 Å². The van der Waals surface area contributed by atoms with Gasteiger partial charge in [-0.25, -0.2) is 13.1 Å². The third-order valence-electron chi connectivity index (χ3n) is 2.89. The Morgan fingerprint density at radius 1 is 1.35 bits per heavy atom. The topological polar surface area (TPSA) is 66.4 Å². The first-order chi connectivity index (χ1) is 9.44. The van der Waals surface area contributed by atoms with Crippen LogP contribution < -0.4 is 4.72 Å². The fourth-order valence-electron chi connectivity index (χ4n) is 1.81. The zero-order chi connectivity index (χ0) is 14.8. The van der Waals surface area contributed by atoms with E-state index in [9.17, 15) is 8.42 Å². The quantitative estimate of drug-likeness (QED) is 0.855. The second-order valence-electron chi connectivity index (χ2n) is 4.77. The number of aliphatic hydroxyl groups excluding tert-OH is 1. The lowest BCUT2D eigenvalue weighted by Gasteiger charge is -2.20. The van der Waals surface area contributed by atoms with Gasteiger partial charge in [-0.2, -0.15) is 0 Å². The van der Waals surface area contributed by atoms with Crippen molar-refractivity contribution >= 4 is 32.7 Å². The van der Waals surface area contributed by atoms with Gasteiger partial charge in [0.05, 0.1) is 17.5 Å². The van der Waals surface area contributed by atoms with Gasteiger partial charge in [0.25, 0.3) is 0 Å². The van der Waals surface area contributed by atoms with E-state index < -0.39 is 10.0 Å². The van der Waals surface area contributed by atoms with E-state index in [0.717, 1.165) is 4.88 Å². The van der Waals surface area contributed by atoms with Crippen LogP contribution in [0.25, 0.3) is 0 Å². The van der Waals surface area contributed by atoms with Crippen molar-refractivity contribution in [2.45, 2.75) is 31.4 Å². The highest BCUT2D eigenvalue weighted by Gasteiger charge is 2.25. The van der Waals surface area contributed by atoms with Gasteiger partial charge in [-0.05, 0) is 23.4 Å². The number of aliphatic hydroxyl groups is 1. The Hall–Kier alpha value is -0.730. The molecule has 4 nitrogen and oxygen atoms in total. The van der Waals surface area contributed by atoms with Crippen LogP contribution in [0.4, 0.5) is 0 Å². The van der Waals surface area contributed by atoms with Gasteiger partial charge >= 0.3 is 0 Å². The summed E-state index contributed by atoms with van der Waals surface area (Å²) in [4.78, 5) is 1.86. The van der Waals surface area contributed by atoms with Crippen LogP contribution in [0.1, 0.15) is 29.6 Å². The molecule has 0 spiro atoms. The largest absolute Gasteiger partial charge is 0.391 e. The van der Waals surface area contributed by atoms with E-state index in [-0.39, 0.29) is 23.5 Å². The maximum Gasteiger partial charge on any atom is 0.242 e. The summed E-state index contributed by atoms with van der Waals surface area (Å²) in [5.74, 6) is 0.152. The van der Waals surface area contributed by atoms with Crippen molar-refractivity contribution in [3.63, 3.8) is 0 Å². The second kappa shape index (κ2) is 6.36. The average Bonchev–Trinajstić information content (AvgIpc) is 3.06. The summed E-state index contributed by atoms with van der Waals surface area (Å²) in [6, 6.07) is 5.12. The minimum atomic E-state index is -3.56. The van der Waals surface area contributed by atoms with E-state index in [1.165, 1.54) is 17.4 Å². The molecule has 0 aliphatic rings. The third kappa shape index (κ3) is 3.48. The maximum atomic E-state index is 12.4. The van der Waals surface area contributed by atoms with Crippen molar-refractivity contribution in [3.05, 3.63) is 38.7 Å². The van der Waals surface area contributed by atoms with E-state index in [1.54, 1.807) is 16.7 Å². The van der Waals surface area contributed by atoms with Crippen LogP contribution in [0.15, 0.2) is 33.9 Å². The minimum Gasteiger partial charge on any atom is -0.391 e. The van der Waals surface area contributed by atoms with Gasteiger partial charge in [0.1, 0.15) is 0 Å². The summed E-state index contributed by atoms with van der Waals surface area (Å²) in [6.07, 6.45) is 0. The summed E-state index contributed by atoms with van der Waals surface area (Å²) in [6.45, 7) is 3.83. The lowest BCUT2D eigenvalue weighted by molar-refractivity contribution is 0.285. The molecular weight excluding hydrogens is 314 g/mol. The van der Waals surface area contributed by atoms with Crippen molar-refractivity contribution in [2.24, 2.45) is 5.92 Å². The van der Waals surface area contributed by atoms with Gasteiger partial charge in [-0.3, -0.25) is 0 Å². The molecule has 7 heteroatoms. The highest BCUT2D eigenvalue weighted by molar-refractivity contribution is 7.89. The first-order valence-corrected chi connectivity index (χ1v) is 9.42. The Morgan fingerprint density at radius 3 is 2.60 bits per heavy atom. The summed E-state index contributed by atoms with van der Waals surface area (Å²) < 4.78 is 27.5. The molecule has 1 unspecified atom stereocenters. The summed E-state index contributed by atoms with van der Waals surface area (Å²) in [5, 5.41) is 12.5. The second-order valence-corrected chi connectivity index (χ2v) is 8.45. The molecule has 1 atom stereocenters.